The average Bonchev–Trinajstić information content (AvgIpc) is 3.11. The van der Waals surface area contributed by atoms with Crippen LogP contribution < -0.4 is 5.73 Å². The Morgan fingerprint density at radius 2 is 2.03 bits per heavy atom. The topological polar surface area (TPSA) is 223 Å². The van der Waals surface area contributed by atoms with Crippen LogP contribution in [-0.2, 0) is 18.0 Å². The Balaban J connectivity index is 1.64. The number of imidazole rings is 1. The molecular weight excluding hydrogens is 476 g/mol. The lowest BCUT2D eigenvalue weighted by molar-refractivity contribution is -0.0967. The van der Waals surface area contributed by atoms with Crippen LogP contribution in [0.3, 0.4) is 0 Å². The van der Waals surface area contributed by atoms with Gasteiger partial charge in [0.1, 0.15) is 11.6 Å². The molecule has 7 N–H and O–H groups in total. The summed E-state index contributed by atoms with van der Waals surface area (Å²) in [6.07, 6.45) is 1.47. The second-order valence-corrected chi connectivity index (χ2v) is 11.1. The molecule has 2 aromatic heterocycles. The van der Waals surface area contributed by atoms with E-state index in [1.54, 1.807) is 10.8 Å². The van der Waals surface area contributed by atoms with E-state index in [-0.39, 0.29) is 5.82 Å². The van der Waals surface area contributed by atoms with Crippen LogP contribution in [0.25, 0.3) is 11.2 Å². The molecule has 2 fully saturated rings. The van der Waals surface area contributed by atoms with Gasteiger partial charge in [-0.3, -0.25) is 4.52 Å². The minimum atomic E-state index is -5.28. The van der Waals surface area contributed by atoms with E-state index in [0.29, 0.717) is 29.2 Å². The molecule has 2 aromatic rings. The minimum absolute atomic E-state index is 0.167. The van der Waals surface area contributed by atoms with Crippen LogP contribution in [-0.4, -0.2) is 69.5 Å². The first-order valence-corrected chi connectivity index (χ1v) is 13.3. The Morgan fingerprint density at radius 3 is 2.61 bits per heavy atom. The second kappa shape index (κ2) is 7.73. The highest BCUT2D eigenvalue weighted by atomic mass is 32.2. The maximum absolute atomic E-state index is 11.9. The Kier molecular flexibility index (Phi) is 5.75. The molecule has 31 heavy (non-hydrogen) atoms. The molecule has 172 valence electrons. The van der Waals surface area contributed by atoms with E-state index in [0.717, 1.165) is 0 Å². The Hall–Kier alpha value is -1.12. The smallest absolute Gasteiger partial charge is 0.390 e. The van der Waals surface area contributed by atoms with Crippen LogP contribution in [0.5, 0.6) is 0 Å². The number of fused-ring (bicyclic) bond motifs is 2. The van der Waals surface area contributed by atoms with Crippen LogP contribution in [0.15, 0.2) is 11.5 Å². The van der Waals surface area contributed by atoms with Gasteiger partial charge in [0.25, 0.3) is 0 Å². The largest absolute Gasteiger partial charge is 0.481 e. The molecule has 2 saturated carbocycles. The van der Waals surface area contributed by atoms with Gasteiger partial charge in [0, 0.05) is 5.41 Å². The number of hydrogen-bond acceptors (Lipinski definition) is 11. The van der Waals surface area contributed by atoms with Crippen LogP contribution >= 0.6 is 27.4 Å². The summed E-state index contributed by atoms with van der Waals surface area (Å²) in [6.45, 7) is -0.556. The molecule has 2 aliphatic rings. The number of thioether (sulfide) groups is 1. The van der Waals surface area contributed by atoms with Crippen molar-refractivity contribution in [2.75, 3.05) is 18.6 Å². The van der Waals surface area contributed by atoms with Gasteiger partial charge in [-0.1, -0.05) is 11.8 Å². The molecule has 1 unspecified atom stereocenters. The van der Waals surface area contributed by atoms with Gasteiger partial charge in [0.2, 0.25) is 0 Å². The summed E-state index contributed by atoms with van der Waals surface area (Å²) >= 11 is 1.27. The number of rotatable bonds is 7. The minimum Gasteiger partial charge on any atom is -0.390 e. The number of hydrogen-bond donors (Lipinski definition) is 6. The summed E-state index contributed by atoms with van der Waals surface area (Å²) < 4.78 is 32.9. The number of aliphatic hydroxyl groups excluding tert-OH is 2. The van der Waals surface area contributed by atoms with Gasteiger partial charge in [-0.05, 0) is 25.0 Å². The predicted octanol–water partition coefficient (Wildman–Crippen LogP) is 0.0296. The third-order valence-corrected chi connectivity index (χ3v) is 8.65. The first-order valence-electron chi connectivity index (χ1n) is 9.03. The van der Waals surface area contributed by atoms with E-state index in [4.69, 9.17) is 20.0 Å². The molecule has 14 nitrogen and oxygen atoms in total. The lowest BCUT2D eigenvalue weighted by atomic mass is 9.60. The highest BCUT2D eigenvalue weighted by Gasteiger charge is 2.66. The first-order chi connectivity index (χ1) is 14.4. The predicted molar refractivity (Wildman–Crippen MR) is 107 cm³/mol. The normalized spacial score (nSPS) is 32.6. The molecule has 0 radical (unpaired) electrons. The zero-order valence-corrected chi connectivity index (χ0v) is 18.7. The van der Waals surface area contributed by atoms with Gasteiger partial charge in [-0.25, -0.2) is 24.1 Å². The molecule has 4 rings (SSSR count). The number of nitrogen functional groups attached to an aromatic ring is 1. The fourth-order valence-corrected chi connectivity index (χ4v) is 6.57. The standard InChI is InChI=1S/C14H21N5O9P2S/c1-31-13-17-11(15)7-12(18-13)19(5-16-7)8-6-2-3-14(6,10(21)9(8)20)4-27-30(25,26)28-29(22,23)24/h5-6,8-10,20-21H,2-4H2,1H3,(H,25,26)(H2,15,17,18)(H2,22,23,24)/t6-,8-,9+,10+,14+/m1/s1. The Labute approximate surface area is 179 Å². The van der Waals surface area contributed by atoms with Crippen molar-refractivity contribution in [3.63, 3.8) is 0 Å². The van der Waals surface area contributed by atoms with Gasteiger partial charge in [-0.15, -0.1) is 0 Å². The number of aromatic nitrogens is 4. The van der Waals surface area contributed by atoms with E-state index in [9.17, 15) is 24.2 Å². The van der Waals surface area contributed by atoms with E-state index in [1.165, 1.54) is 18.1 Å². The van der Waals surface area contributed by atoms with Crippen LogP contribution in [0.4, 0.5) is 5.82 Å². The molecule has 0 amide bonds. The third kappa shape index (κ3) is 3.93. The lowest BCUT2D eigenvalue weighted by Gasteiger charge is -2.47. The van der Waals surface area contributed by atoms with E-state index >= 15 is 0 Å². The van der Waals surface area contributed by atoms with Crippen molar-refractivity contribution in [1.82, 2.24) is 19.5 Å². The van der Waals surface area contributed by atoms with Crippen LogP contribution in [0.2, 0.25) is 0 Å². The molecular formula is C14H21N5O9P2S. The zero-order valence-electron chi connectivity index (χ0n) is 16.0. The first kappa shape index (κ1) is 23.1. The fourth-order valence-electron chi connectivity index (χ4n) is 4.53. The highest BCUT2D eigenvalue weighted by molar-refractivity contribution is 7.98. The summed E-state index contributed by atoms with van der Waals surface area (Å²) in [7, 11) is -10.4. The summed E-state index contributed by atoms with van der Waals surface area (Å²) in [6, 6.07) is -0.692. The maximum atomic E-state index is 11.9. The molecule has 0 saturated heterocycles. The van der Waals surface area contributed by atoms with E-state index < -0.39 is 51.8 Å². The van der Waals surface area contributed by atoms with Gasteiger partial charge >= 0.3 is 15.6 Å². The van der Waals surface area contributed by atoms with E-state index in [1.807, 2.05) is 0 Å². The summed E-state index contributed by atoms with van der Waals surface area (Å²) in [5, 5.41) is 22.0. The van der Waals surface area contributed by atoms with Crippen molar-refractivity contribution < 1.29 is 42.9 Å². The molecule has 17 heteroatoms. The molecule has 2 heterocycles. The van der Waals surface area contributed by atoms with Crippen molar-refractivity contribution >= 4 is 44.4 Å². The molecule has 2 aliphatic carbocycles. The van der Waals surface area contributed by atoms with Crippen molar-refractivity contribution in [2.45, 2.75) is 36.2 Å². The molecule has 0 aliphatic heterocycles. The zero-order chi connectivity index (χ0) is 22.8. The fraction of sp³-hybridized carbons (Fsp3) is 0.643. The SMILES string of the molecule is CSc1nc(N)c2ncn([C@H]3[C@H](O)[C@H](O)[C@]4(COP(=O)(O)OP(=O)(O)O)CC[C@H]34)c2n1. The van der Waals surface area contributed by atoms with E-state index in [2.05, 4.69) is 19.3 Å². The van der Waals surface area contributed by atoms with Crippen molar-refractivity contribution in [2.24, 2.45) is 11.3 Å². The average molecular weight is 497 g/mol. The van der Waals surface area contributed by atoms with Crippen molar-refractivity contribution in [1.29, 1.82) is 0 Å². The van der Waals surface area contributed by atoms with Gasteiger partial charge in [-0.2, -0.15) is 4.31 Å². The maximum Gasteiger partial charge on any atom is 0.481 e. The van der Waals surface area contributed by atoms with Gasteiger partial charge in [0.05, 0.1) is 25.1 Å². The number of phosphoric acid groups is 2. The third-order valence-electron chi connectivity index (χ3n) is 5.97. The quantitative estimate of drug-likeness (QED) is 0.169. The van der Waals surface area contributed by atoms with Crippen molar-refractivity contribution in [3.8, 4) is 0 Å². The molecule has 0 bridgehead atoms. The summed E-state index contributed by atoms with van der Waals surface area (Å²) in [5.74, 6) is -0.237. The lowest BCUT2D eigenvalue weighted by Crippen LogP contribution is -2.49. The number of nitrogens with zero attached hydrogens (tertiary/aromatic N) is 4. The van der Waals surface area contributed by atoms with Crippen molar-refractivity contribution in [3.05, 3.63) is 6.33 Å². The monoisotopic (exact) mass is 497 g/mol. The molecule has 0 aromatic carbocycles. The Morgan fingerprint density at radius 1 is 1.32 bits per heavy atom. The highest BCUT2D eigenvalue weighted by Crippen LogP contribution is 2.65. The van der Waals surface area contributed by atoms with Gasteiger partial charge < -0.3 is 35.2 Å². The Bertz CT molecular complexity index is 1110. The number of nitrogens with two attached hydrogens (primary N) is 1. The molecule has 0 spiro atoms. The number of phosphoric ester groups is 1. The number of aliphatic hydroxyl groups is 2. The number of anilines is 1. The van der Waals surface area contributed by atoms with Crippen LogP contribution in [0, 0.1) is 11.3 Å². The van der Waals surface area contributed by atoms with Crippen LogP contribution in [0.1, 0.15) is 18.9 Å². The van der Waals surface area contributed by atoms with Gasteiger partial charge in [0.15, 0.2) is 16.6 Å². The second-order valence-electron chi connectivity index (χ2n) is 7.54. The summed E-state index contributed by atoms with van der Waals surface area (Å²) in [4.78, 5) is 39.9. The summed E-state index contributed by atoms with van der Waals surface area (Å²) in [5.41, 5.74) is 5.52. The molecule has 6 atom stereocenters.